The third kappa shape index (κ3) is 3.81. The molecule has 0 aromatic rings. The molecule has 0 radical (unpaired) electrons. The highest BCUT2D eigenvalue weighted by Gasteiger charge is 2.56. The average Bonchev–Trinajstić information content (AvgIpc) is 3.32. The smallest absolute Gasteiger partial charge is 0.413 e. The van der Waals surface area contributed by atoms with E-state index < -0.39 is 48.6 Å². The summed E-state index contributed by atoms with van der Waals surface area (Å²) in [6.07, 6.45) is 0.733. The largest absolute Gasteiger partial charge is 0.454 e. The molecule has 132 valence electrons. The van der Waals surface area contributed by atoms with Crippen molar-refractivity contribution in [1.82, 2.24) is 15.5 Å². The number of alkyl carbamates (subject to hydrolysis) is 1. The van der Waals surface area contributed by atoms with Crippen molar-refractivity contribution in [3.05, 3.63) is 0 Å². The number of hydrogen-bond donors (Lipinski definition) is 2. The van der Waals surface area contributed by atoms with E-state index in [1.165, 1.54) is 0 Å². The van der Waals surface area contributed by atoms with Gasteiger partial charge in [0.05, 0.1) is 6.61 Å². The molecule has 2 rings (SSSR count). The molecule has 0 aromatic heterocycles. The SMILES string of the molecule is CCOC(=O)NC(=O)COC(=O)CN1C(=O)NC(C)(C2CC2)C1=O. The molecule has 0 aromatic carbocycles. The number of carbonyl (C=O) groups is 5. The van der Waals surface area contributed by atoms with Crippen molar-refractivity contribution in [2.24, 2.45) is 5.92 Å². The highest BCUT2D eigenvalue weighted by Crippen LogP contribution is 2.42. The number of carbonyl (C=O) groups excluding carboxylic acids is 5. The van der Waals surface area contributed by atoms with Gasteiger partial charge in [0, 0.05) is 0 Å². The predicted molar refractivity (Wildman–Crippen MR) is 77.5 cm³/mol. The molecule has 1 saturated carbocycles. The zero-order chi connectivity index (χ0) is 17.9. The molecule has 1 saturated heterocycles. The predicted octanol–water partition coefficient (Wildman–Crippen LogP) is -0.477. The van der Waals surface area contributed by atoms with E-state index in [0.29, 0.717) is 0 Å². The Balaban J connectivity index is 1.80. The van der Waals surface area contributed by atoms with Gasteiger partial charge in [-0.05, 0) is 32.6 Å². The lowest BCUT2D eigenvalue weighted by Gasteiger charge is -2.20. The van der Waals surface area contributed by atoms with Crippen molar-refractivity contribution in [1.29, 1.82) is 0 Å². The number of ether oxygens (including phenoxy) is 2. The standard InChI is InChI=1S/C14H19N3O7/c1-3-23-13(22)15-9(18)7-24-10(19)6-17-11(20)14(2,8-4-5-8)16-12(17)21/h8H,3-7H2,1-2H3,(H,16,21)(H,15,18,22). The highest BCUT2D eigenvalue weighted by molar-refractivity contribution is 6.09. The topological polar surface area (TPSA) is 131 Å². The molecular formula is C14H19N3O7. The van der Waals surface area contributed by atoms with E-state index in [4.69, 9.17) is 0 Å². The van der Waals surface area contributed by atoms with E-state index in [0.717, 1.165) is 17.7 Å². The number of rotatable bonds is 6. The summed E-state index contributed by atoms with van der Waals surface area (Å²) in [5.74, 6) is -2.22. The van der Waals surface area contributed by atoms with Gasteiger partial charge in [0.25, 0.3) is 11.8 Å². The summed E-state index contributed by atoms with van der Waals surface area (Å²) in [5, 5.41) is 4.44. The number of esters is 1. The molecule has 2 fully saturated rings. The zero-order valence-corrected chi connectivity index (χ0v) is 13.4. The highest BCUT2D eigenvalue weighted by atomic mass is 16.6. The lowest BCUT2D eigenvalue weighted by molar-refractivity contribution is -0.151. The van der Waals surface area contributed by atoms with Gasteiger partial charge in [-0.15, -0.1) is 0 Å². The molecule has 24 heavy (non-hydrogen) atoms. The van der Waals surface area contributed by atoms with Crippen LogP contribution in [0.15, 0.2) is 0 Å². The van der Waals surface area contributed by atoms with Crippen LogP contribution in [-0.4, -0.2) is 60.1 Å². The van der Waals surface area contributed by atoms with Crippen molar-refractivity contribution in [3.8, 4) is 0 Å². The van der Waals surface area contributed by atoms with Gasteiger partial charge in [-0.3, -0.25) is 24.6 Å². The minimum absolute atomic E-state index is 0.0744. The van der Waals surface area contributed by atoms with Crippen LogP contribution in [0.25, 0.3) is 0 Å². The van der Waals surface area contributed by atoms with Gasteiger partial charge in [0.15, 0.2) is 6.61 Å². The number of urea groups is 1. The van der Waals surface area contributed by atoms with Crippen LogP contribution in [0.1, 0.15) is 26.7 Å². The molecule has 1 heterocycles. The molecule has 1 unspecified atom stereocenters. The van der Waals surface area contributed by atoms with Crippen LogP contribution in [0.4, 0.5) is 9.59 Å². The molecule has 0 spiro atoms. The molecular weight excluding hydrogens is 322 g/mol. The van der Waals surface area contributed by atoms with Crippen LogP contribution in [0.2, 0.25) is 0 Å². The number of hydrogen-bond acceptors (Lipinski definition) is 7. The second-order valence-electron chi connectivity index (χ2n) is 5.73. The molecule has 0 bridgehead atoms. The second kappa shape index (κ2) is 6.85. The van der Waals surface area contributed by atoms with E-state index >= 15 is 0 Å². The number of imide groups is 2. The fourth-order valence-electron chi connectivity index (χ4n) is 2.43. The van der Waals surface area contributed by atoms with Crippen molar-refractivity contribution in [3.63, 3.8) is 0 Å². The summed E-state index contributed by atoms with van der Waals surface area (Å²) < 4.78 is 9.14. The monoisotopic (exact) mass is 341 g/mol. The van der Waals surface area contributed by atoms with Crippen LogP contribution >= 0.6 is 0 Å². The molecule has 1 aliphatic heterocycles. The lowest BCUT2D eigenvalue weighted by Crippen LogP contribution is -2.46. The van der Waals surface area contributed by atoms with Gasteiger partial charge < -0.3 is 14.8 Å². The van der Waals surface area contributed by atoms with Crippen LogP contribution < -0.4 is 10.6 Å². The Bertz CT molecular complexity index is 587. The van der Waals surface area contributed by atoms with Crippen molar-refractivity contribution >= 4 is 29.9 Å². The Morgan fingerprint density at radius 1 is 1.29 bits per heavy atom. The van der Waals surface area contributed by atoms with Gasteiger partial charge in [0.2, 0.25) is 0 Å². The molecule has 10 heteroatoms. The Hall–Kier alpha value is -2.65. The maximum absolute atomic E-state index is 12.3. The first-order valence-electron chi connectivity index (χ1n) is 7.54. The maximum atomic E-state index is 12.3. The summed E-state index contributed by atoms with van der Waals surface area (Å²) in [6, 6.07) is -0.665. The molecule has 1 atom stereocenters. The lowest BCUT2D eigenvalue weighted by atomic mass is 9.96. The summed E-state index contributed by atoms with van der Waals surface area (Å²) in [7, 11) is 0. The van der Waals surface area contributed by atoms with Crippen LogP contribution in [-0.2, 0) is 23.9 Å². The minimum atomic E-state index is -0.987. The Labute approximate surface area is 137 Å². The van der Waals surface area contributed by atoms with Crippen molar-refractivity contribution < 1.29 is 33.4 Å². The zero-order valence-electron chi connectivity index (χ0n) is 13.4. The van der Waals surface area contributed by atoms with Gasteiger partial charge in [-0.1, -0.05) is 0 Å². The number of amides is 5. The van der Waals surface area contributed by atoms with Gasteiger partial charge >= 0.3 is 18.1 Å². The van der Waals surface area contributed by atoms with E-state index in [2.05, 4.69) is 14.8 Å². The van der Waals surface area contributed by atoms with E-state index in [1.54, 1.807) is 13.8 Å². The van der Waals surface area contributed by atoms with E-state index in [-0.39, 0.29) is 12.5 Å². The maximum Gasteiger partial charge on any atom is 0.413 e. The molecule has 10 nitrogen and oxygen atoms in total. The Kier molecular flexibility index (Phi) is 5.05. The minimum Gasteiger partial charge on any atom is -0.454 e. The third-order valence-corrected chi connectivity index (χ3v) is 3.86. The Morgan fingerprint density at radius 3 is 2.54 bits per heavy atom. The second-order valence-corrected chi connectivity index (χ2v) is 5.73. The fraction of sp³-hybridized carbons (Fsp3) is 0.643. The van der Waals surface area contributed by atoms with Crippen LogP contribution in [0.3, 0.4) is 0 Å². The fourth-order valence-corrected chi connectivity index (χ4v) is 2.43. The first kappa shape index (κ1) is 17.7. The summed E-state index contributed by atoms with van der Waals surface area (Å²) >= 11 is 0. The van der Waals surface area contributed by atoms with E-state index in [9.17, 15) is 24.0 Å². The summed E-state index contributed by atoms with van der Waals surface area (Å²) in [5.41, 5.74) is -0.987. The number of nitrogens with zero attached hydrogens (tertiary/aromatic N) is 1. The molecule has 1 aliphatic carbocycles. The van der Waals surface area contributed by atoms with Gasteiger partial charge in [-0.2, -0.15) is 0 Å². The van der Waals surface area contributed by atoms with Crippen molar-refractivity contribution in [2.75, 3.05) is 19.8 Å². The summed E-state index contributed by atoms with van der Waals surface area (Å²) in [4.78, 5) is 59.0. The van der Waals surface area contributed by atoms with Gasteiger partial charge in [0.1, 0.15) is 12.1 Å². The van der Waals surface area contributed by atoms with Crippen molar-refractivity contribution in [2.45, 2.75) is 32.2 Å². The quantitative estimate of drug-likeness (QED) is 0.493. The van der Waals surface area contributed by atoms with E-state index in [1.807, 2.05) is 5.32 Å². The van der Waals surface area contributed by atoms with Crippen LogP contribution in [0, 0.1) is 5.92 Å². The first-order chi connectivity index (χ1) is 11.3. The number of nitrogens with one attached hydrogen (secondary N) is 2. The normalized spacial score (nSPS) is 22.8. The molecule has 5 amide bonds. The third-order valence-electron chi connectivity index (χ3n) is 3.86. The average molecular weight is 341 g/mol. The Morgan fingerprint density at radius 2 is 1.96 bits per heavy atom. The summed E-state index contributed by atoms with van der Waals surface area (Å²) in [6.45, 7) is 1.96. The van der Waals surface area contributed by atoms with Gasteiger partial charge in [-0.25, -0.2) is 9.59 Å². The first-order valence-corrected chi connectivity index (χ1v) is 7.54. The molecule has 2 aliphatic rings. The van der Waals surface area contributed by atoms with Crippen LogP contribution in [0.5, 0.6) is 0 Å². The molecule has 2 N–H and O–H groups in total.